The van der Waals surface area contributed by atoms with Gasteiger partial charge < -0.3 is 0 Å². The molecule has 0 atom stereocenters. The van der Waals surface area contributed by atoms with E-state index in [9.17, 15) is 0 Å². The molecule has 0 nitrogen and oxygen atoms in total. The largest absolute Gasteiger partial charge is 0.134 e. The summed E-state index contributed by atoms with van der Waals surface area (Å²) in [5.41, 5.74) is 2.97. The monoisotopic (exact) mass is 628 g/mol. The van der Waals surface area contributed by atoms with E-state index in [0.29, 0.717) is 0 Å². The molecule has 0 radical (unpaired) electrons. The van der Waals surface area contributed by atoms with E-state index >= 15 is 0 Å². The first kappa shape index (κ1) is 27.6. The molecule has 0 saturated heterocycles. The Hall–Kier alpha value is 0.0600. The molecule has 3 aromatic heterocycles. The summed E-state index contributed by atoms with van der Waals surface area (Å²) in [6.07, 6.45) is 18.7. The maximum absolute atomic E-state index is 3.84. The molecule has 0 amide bonds. The molecular weight excluding hydrogens is 592 g/mol. The van der Waals surface area contributed by atoms with Crippen molar-refractivity contribution in [3.63, 3.8) is 0 Å². The van der Waals surface area contributed by atoms with Crippen LogP contribution < -0.4 is 0 Å². The number of halogens is 2. The van der Waals surface area contributed by atoms with Crippen molar-refractivity contribution in [2.24, 2.45) is 0 Å². The van der Waals surface area contributed by atoms with Gasteiger partial charge in [0.1, 0.15) is 0 Å². The summed E-state index contributed by atoms with van der Waals surface area (Å²) < 4.78 is 2.64. The van der Waals surface area contributed by atoms with Gasteiger partial charge in [-0.05, 0) is 92.9 Å². The number of rotatable bonds is 16. The minimum atomic E-state index is 1.20. The van der Waals surface area contributed by atoms with Crippen molar-refractivity contribution < 1.29 is 0 Å². The van der Waals surface area contributed by atoms with E-state index in [1.807, 2.05) is 34.0 Å². The van der Waals surface area contributed by atoms with E-state index in [4.69, 9.17) is 0 Å². The van der Waals surface area contributed by atoms with Crippen LogP contribution in [0.2, 0.25) is 0 Å². The van der Waals surface area contributed by atoms with Crippen LogP contribution in [0, 0.1) is 0 Å². The molecule has 0 aliphatic rings. The zero-order valence-electron chi connectivity index (χ0n) is 20.2. The molecule has 33 heavy (non-hydrogen) atoms. The Morgan fingerprint density at radius 2 is 0.909 bits per heavy atom. The summed E-state index contributed by atoms with van der Waals surface area (Å²) in [5.74, 6) is 0. The highest BCUT2D eigenvalue weighted by molar-refractivity contribution is 9.11. The van der Waals surface area contributed by atoms with Gasteiger partial charge >= 0.3 is 0 Å². The maximum atomic E-state index is 3.84. The Morgan fingerprint density at radius 3 is 1.33 bits per heavy atom. The molecule has 0 aliphatic carbocycles. The first-order valence-corrected chi connectivity index (χ1v) is 16.8. The van der Waals surface area contributed by atoms with E-state index in [-0.39, 0.29) is 0 Å². The normalized spacial score (nSPS) is 11.5. The van der Waals surface area contributed by atoms with Crippen LogP contribution >= 0.6 is 65.9 Å². The second-order valence-corrected chi connectivity index (χ2v) is 14.8. The Kier molecular flexibility index (Phi) is 12.8. The Balaban J connectivity index is 1.54. The third-order valence-corrected chi connectivity index (χ3v) is 11.6. The Bertz CT molecular complexity index is 876. The van der Waals surface area contributed by atoms with E-state index in [1.54, 1.807) is 0 Å². The molecule has 0 bridgehead atoms. The Morgan fingerprint density at radius 1 is 0.515 bits per heavy atom. The van der Waals surface area contributed by atoms with E-state index in [2.05, 4.69) is 70.0 Å². The second-order valence-electron chi connectivity index (χ2n) is 9.02. The highest BCUT2D eigenvalue weighted by Gasteiger charge is 2.14. The van der Waals surface area contributed by atoms with Crippen LogP contribution in [0.4, 0.5) is 0 Å². The zero-order valence-corrected chi connectivity index (χ0v) is 25.8. The average Bonchev–Trinajstić information content (AvgIpc) is 3.52. The molecule has 0 unspecified atom stereocenters. The summed E-state index contributed by atoms with van der Waals surface area (Å²) in [6.45, 7) is 4.57. The second kappa shape index (κ2) is 15.2. The zero-order chi connectivity index (χ0) is 23.5. The standard InChI is InChI=1S/C28H38Br2S3/c1-3-5-7-9-11-13-15-21-19-25(32-27(21)29)23-17-18-24(31-23)26-20-22(28(30)33-26)16-14-12-10-8-6-4-2/h17-20H,3-16H2,1-2H3. The molecule has 0 saturated carbocycles. The topological polar surface area (TPSA) is 0 Å². The molecular formula is C28H38Br2S3. The summed E-state index contributed by atoms with van der Waals surface area (Å²) >= 11 is 13.4. The number of thiophene rings is 3. The summed E-state index contributed by atoms with van der Waals surface area (Å²) in [7, 11) is 0. The quantitative estimate of drug-likeness (QED) is 0.138. The molecule has 3 rings (SSSR count). The van der Waals surface area contributed by atoms with Crippen LogP contribution in [0.3, 0.4) is 0 Å². The highest BCUT2D eigenvalue weighted by Crippen LogP contribution is 2.44. The summed E-state index contributed by atoms with van der Waals surface area (Å²) in [4.78, 5) is 5.60. The molecule has 0 spiro atoms. The highest BCUT2D eigenvalue weighted by atomic mass is 79.9. The third-order valence-electron chi connectivity index (χ3n) is 6.21. The smallest absolute Gasteiger partial charge is 0.0737 e. The predicted octanol–water partition coefficient (Wildman–Crippen LogP) is 12.5. The van der Waals surface area contributed by atoms with Gasteiger partial charge in [0, 0.05) is 19.5 Å². The van der Waals surface area contributed by atoms with Crippen LogP contribution in [0.1, 0.15) is 102 Å². The summed E-state index contributed by atoms with van der Waals surface area (Å²) in [6, 6.07) is 9.47. The first-order chi connectivity index (χ1) is 16.1. The van der Waals surface area contributed by atoms with E-state index < -0.39 is 0 Å². The lowest BCUT2D eigenvalue weighted by atomic mass is 10.1. The van der Waals surface area contributed by atoms with Gasteiger partial charge in [0.05, 0.1) is 7.57 Å². The first-order valence-electron chi connectivity index (χ1n) is 12.8. The van der Waals surface area contributed by atoms with Crippen LogP contribution in [-0.2, 0) is 12.8 Å². The van der Waals surface area contributed by atoms with E-state index in [1.165, 1.54) is 128 Å². The number of aryl methyl sites for hydroxylation is 2. The summed E-state index contributed by atoms with van der Waals surface area (Å²) in [5, 5.41) is 0. The van der Waals surface area contributed by atoms with Crippen molar-refractivity contribution in [2.45, 2.75) is 104 Å². The fraction of sp³-hybridized carbons (Fsp3) is 0.571. The fourth-order valence-electron chi connectivity index (χ4n) is 4.19. The minimum absolute atomic E-state index is 1.20. The van der Waals surface area contributed by atoms with Gasteiger partial charge in [0.15, 0.2) is 0 Å². The number of hydrogen-bond donors (Lipinski definition) is 0. The van der Waals surface area contributed by atoms with Crippen LogP contribution in [0.5, 0.6) is 0 Å². The van der Waals surface area contributed by atoms with Gasteiger partial charge in [-0.2, -0.15) is 0 Å². The van der Waals surface area contributed by atoms with Crippen molar-refractivity contribution in [1.82, 2.24) is 0 Å². The maximum Gasteiger partial charge on any atom is 0.0737 e. The molecule has 0 N–H and O–H groups in total. The van der Waals surface area contributed by atoms with Crippen LogP contribution in [0.25, 0.3) is 19.5 Å². The number of hydrogen-bond acceptors (Lipinski definition) is 3. The molecule has 0 aromatic carbocycles. The lowest BCUT2D eigenvalue weighted by molar-refractivity contribution is 0.607. The van der Waals surface area contributed by atoms with Crippen molar-refractivity contribution >= 4 is 65.9 Å². The molecule has 3 aromatic rings. The van der Waals surface area contributed by atoms with Gasteiger partial charge in [-0.1, -0.05) is 78.1 Å². The van der Waals surface area contributed by atoms with Crippen molar-refractivity contribution in [1.29, 1.82) is 0 Å². The van der Waals surface area contributed by atoms with Gasteiger partial charge in [0.2, 0.25) is 0 Å². The molecule has 0 fully saturated rings. The van der Waals surface area contributed by atoms with Gasteiger partial charge in [0.25, 0.3) is 0 Å². The minimum Gasteiger partial charge on any atom is -0.134 e. The predicted molar refractivity (Wildman–Crippen MR) is 161 cm³/mol. The van der Waals surface area contributed by atoms with E-state index in [0.717, 1.165) is 0 Å². The molecule has 5 heteroatoms. The van der Waals surface area contributed by atoms with Gasteiger partial charge in [-0.25, -0.2) is 0 Å². The van der Waals surface area contributed by atoms with Crippen molar-refractivity contribution in [3.05, 3.63) is 43.0 Å². The molecule has 182 valence electrons. The van der Waals surface area contributed by atoms with Crippen molar-refractivity contribution in [2.75, 3.05) is 0 Å². The van der Waals surface area contributed by atoms with Crippen molar-refractivity contribution in [3.8, 4) is 19.5 Å². The van der Waals surface area contributed by atoms with Gasteiger partial charge in [-0.3, -0.25) is 0 Å². The van der Waals surface area contributed by atoms with Crippen LogP contribution in [-0.4, -0.2) is 0 Å². The van der Waals surface area contributed by atoms with Crippen LogP contribution in [0.15, 0.2) is 31.8 Å². The molecule has 0 aliphatic heterocycles. The SMILES string of the molecule is CCCCCCCCc1cc(-c2ccc(-c3cc(CCCCCCCC)c(Br)s3)s2)sc1Br. The number of unbranched alkanes of at least 4 members (excludes halogenated alkanes) is 10. The Labute approximate surface area is 230 Å². The lowest BCUT2D eigenvalue weighted by Crippen LogP contribution is -1.84. The third kappa shape index (κ3) is 8.90. The lowest BCUT2D eigenvalue weighted by Gasteiger charge is -2.00. The average molecular weight is 631 g/mol. The molecule has 3 heterocycles. The fourth-order valence-corrected chi connectivity index (χ4v) is 8.90. The van der Waals surface area contributed by atoms with Gasteiger partial charge in [-0.15, -0.1) is 34.0 Å².